The third-order valence-electron chi connectivity index (χ3n) is 3.82. The van der Waals surface area contributed by atoms with Crippen LogP contribution in [0, 0.1) is 5.92 Å². The Morgan fingerprint density at radius 1 is 1.13 bits per heavy atom. The summed E-state index contributed by atoms with van der Waals surface area (Å²) in [6.45, 7) is 2.25. The van der Waals surface area contributed by atoms with Crippen molar-refractivity contribution >= 4 is 12.4 Å². The second kappa shape index (κ2) is 4.91. The molecule has 1 heterocycles. The highest BCUT2D eigenvalue weighted by Gasteiger charge is 2.38. The molecule has 0 aromatic rings. The highest BCUT2D eigenvalue weighted by atomic mass is 15.1. The fourth-order valence-electron chi connectivity index (χ4n) is 2.90. The molecule has 0 amide bonds. The van der Waals surface area contributed by atoms with Gasteiger partial charge < -0.3 is 0 Å². The molecule has 0 bridgehead atoms. The molecule has 2 nitrogen and oxygen atoms in total. The second-order valence-electron chi connectivity index (χ2n) is 4.87. The zero-order chi connectivity index (χ0) is 10.6. The van der Waals surface area contributed by atoms with Gasteiger partial charge in [-0.05, 0) is 25.7 Å². The molecule has 2 aliphatic rings. The van der Waals surface area contributed by atoms with Crippen molar-refractivity contribution in [1.29, 1.82) is 0 Å². The third-order valence-corrected chi connectivity index (χ3v) is 3.82. The number of aliphatic imine (C=N–C) groups is 2. The van der Waals surface area contributed by atoms with E-state index < -0.39 is 0 Å². The summed E-state index contributed by atoms with van der Waals surface area (Å²) in [5.41, 5.74) is -0.0452. The smallest absolute Gasteiger partial charge is 0.152 e. The van der Waals surface area contributed by atoms with Gasteiger partial charge >= 0.3 is 0 Å². The Kier molecular flexibility index (Phi) is 3.55. The van der Waals surface area contributed by atoms with E-state index in [1.165, 1.54) is 44.9 Å². The van der Waals surface area contributed by atoms with Gasteiger partial charge in [0, 0.05) is 18.3 Å². The number of nitrogens with zero attached hydrogens (tertiary/aromatic N) is 2. The summed E-state index contributed by atoms with van der Waals surface area (Å²) in [6, 6.07) is 0. The molecule has 0 saturated heterocycles. The van der Waals surface area contributed by atoms with Crippen LogP contribution >= 0.6 is 0 Å². The standard InChI is InChI=1S/C13H22N2/c1-2-3-9-13(14-10-11-15-13)12-7-5-4-6-8-12/h10-12H,2-9H2,1H3. The Morgan fingerprint density at radius 3 is 2.40 bits per heavy atom. The van der Waals surface area contributed by atoms with Gasteiger partial charge in [-0.15, -0.1) is 0 Å². The maximum Gasteiger partial charge on any atom is 0.152 e. The van der Waals surface area contributed by atoms with Gasteiger partial charge in [0.25, 0.3) is 0 Å². The third kappa shape index (κ3) is 2.30. The van der Waals surface area contributed by atoms with E-state index in [0.29, 0.717) is 5.92 Å². The normalized spacial score (nSPS) is 24.9. The molecular formula is C13H22N2. The number of unbranched alkanes of at least 4 members (excludes halogenated alkanes) is 1. The van der Waals surface area contributed by atoms with Gasteiger partial charge in [0.05, 0.1) is 0 Å². The lowest BCUT2D eigenvalue weighted by molar-refractivity contribution is 0.204. The van der Waals surface area contributed by atoms with Crippen molar-refractivity contribution in [3.8, 4) is 0 Å². The molecule has 0 N–H and O–H groups in total. The highest BCUT2D eigenvalue weighted by Crippen LogP contribution is 2.40. The van der Waals surface area contributed by atoms with E-state index >= 15 is 0 Å². The number of rotatable bonds is 4. The summed E-state index contributed by atoms with van der Waals surface area (Å²) in [5, 5.41) is 0. The first-order valence-electron chi connectivity index (χ1n) is 6.46. The van der Waals surface area contributed by atoms with Crippen LogP contribution < -0.4 is 0 Å². The van der Waals surface area contributed by atoms with Crippen LogP contribution in [0.3, 0.4) is 0 Å². The first-order valence-corrected chi connectivity index (χ1v) is 6.46. The van der Waals surface area contributed by atoms with Crippen molar-refractivity contribution in [2.45, 2.75) is 64.0 Å². The minimum Gasteiger partial charge on any atom is -0.262 e. The second-order valence-corrected chi connectivity index (χ2v) is 4.87. The topological polar surface area (TPSA) is 24.7 Å². The Bertz CT molecular complexity index is 237. The Morgan fingerprint density at radius 2 is 1.80 bits per heavy atom. The molecule has 15 heavy (non-hydrogen) atoms. The molecular weight excluding hydrogens is 184 g/mol. The summed E-state index contributed by atoms with van der Waals surface area (Å²) in [5.74, 6) is 0.716. The molecule has 0 spiro atoms. The van der Waals surface area contributed by atoms with E-state index in [1.807, 2.05) is 12.4 Å². The van der Waals surface area contributed by atoms with Crippen molar-refractivity contribution in [3.05, 3.63) is 0 Å². The lowest BCUT2D eigenvalue weighted by Crippen LogP contribution is -2.34. The first kappa shape index (κ1) is 10.8. The average molecular weight is 206 g/mol. The van der Waals surface area contributed by atoms with Crippen molar-refractivity contribution in [2.24, 2.45) is 15.9 Å². The van der Waals surface area contributed by atoms with E-state index in [9.17, 15) is 0 Å². The minimum absolute atomic E-state index is 0.0452. The largest absolute Gasteiger partial charge is 0.262 e. The van der Waals surface area contributed by atoms with Crippen LogP contribution in [-0.2, 0) is 0 Å². The summed E-state index contributed by atoms with van der Waals surface area (Å²) in [7, 11) is 0. The van der Waals surface area contributed by atoms with E-state index in [4.69, 9.17) is 0 Å². The maximum absolute atomic E-state index is 4.68. The molecule has 0 aromatic heterocycles. The maximum atomic E-state index is 4.68. The molecule has 0 aromatic carbocycles. The predicted molar refractivity (Wildman–Crippen MR) is 65.8 cm³/mol. The van der Waals surface area contributed by atoms with Crippen molar-refractivity contribution in [2.75, 3.05) is 0 Å². The monoisotopic (exact) mass is 206 g/mol. The molecule has 2 rings (SSSR count). The van der Waals surface area contributed by atoms with E-state index in [-0.39, 0.29) is 5.66 Å². The summed E-state index contributed by atoms with van der Waals surface area (Å²) in [4.78, 5) is 9.36. The fourth-order valence-corrected chi connectivity index (χ4v) is 2.90. The van der Waals surface area contributed by atoms with Gasteiger partial charge in [0.2, 0.25) is 0 Å². The predicted octanol–water partition coefficient (Wildman–Crippen LogP) is 3.61. The van der Waals surface area contributed by atoms with Gasteiger partial charge in [0.1, 0.15) is 0 Å². The molecule has 2 heteroatoms. The molecule has 1 fully saturated rings. The zero-order valence-corrected chi connectivity index (χ0v) is 9.78. The van der Waals surface area contributed by atoms with Gasteiger partial charge in [-0.3, -0.25) is 9.98 Å². The molecule has 1 aliphatic heterocycles. The van der Waals surface area contributed by atoms with Gasteiger partial charge in [-0.2, -0.15) is 0 Å². The highest BCUT2D eigenvalue weighted by molar-refractivity contribution is 6.17. The molecule has 84 valence electrons. The molecule has 1 saturated carbocycles. The quantitative estimate of drug-likeness (QED) is 0.671. The molecule has 0 radical (unpaired) electrons. The van der Waals surface area contributed by atoms with Crippen LogP contribution in [0.5, 0.6) is 0 Å². The van der Waals surface area contributed by atoms with Gasteiger partial charge in [-0.25, -0.2) is 0 Å². The number of hydrogen-bond acceptors (Lipinski definition) is 2. The molecule has 1 aliphatic carbocycles. The van der Waals surface area contributed by atoms with Crippen LogP contribution in [0.2, 0.25) is 0 Å². The van der Waals surface area contributed by atoms with Crippen LogP contribution in [0.4, 0.5) is 0 Å². The number of hydrogen-bond donors (Lipinski definition) is 0. The van der Waals surface area contributed by atoms with Gasteiger partial charge in [-0.1, -0.05) is 32.6 Å². The summed E-state index contributed by atoms with van der Waals surface area (Å²) in [6.07, 6.45) is 14.3. The van der Waals surface area contributed by atoms with E-state index in [1.54, 1.807) is 0 Å². The molecule has 0 unspecified atom stereocenters. The average Bonchev–Trinajstić information content (AvgIpc) is 2.78. The Hall–Kier alpha value is -0.660. The van der Waals surface area contributed by atoms with E-state index in [2.05, 4.69) is 16.9 Å². The molecule has 0 atom stereocenters. The zero-order valence-electron chi connectivity index (χ0n) is 9.78. The van der Waals surface area contributed by atoms with Crippen LogP contribution in [0.15, 0.2) is 9.98 Å². The SMILES string of the molecule is CCCCC1(C2CCCCC2)N=CC=N1. The van der Waals surface area contributed by atoms with E-state index in [0.717, 1.165) is 6.42 Å². The van der Waals surface area contributed by atoms with Crippen LogP contribution in [0.1, 0.15) is 58.3 Å². The lowest BCUT2D eigenvalue weighted by atomic mass is 9.78. The van der Waals surface area contributed by atoms with Crippen molar-refractivity contribution in [1.82, 2.24) is 0 Å². The lowest BCUT2D eigenvalue weighted by Gasteiger charge is -2.35. The Balaban J connectivity index is 2.04. The first-order chi connectivity index (χ1) is 7.37. The van der Waals surface area contributed by atoms with Crippen molar-refractivity contribution < 1.29 is 0 Å². The van der Waals surface area contributed by atoms with Crippen LogP contribution in [0.25, 0.3) is 0 Å². The Labute approximate surface area is 92.9 Å². The van der Waals surface area contributed by atoms with Crippen LogP contribution in [-0.4, -0.2) is 18.1 Å². The fraction of sp³-hybridized carbons (Fsp3) is 0.846. The van der Waals surface area contributed by atoms with Crippen molar-refractivity contribution in [3.63, 3.8) is 0 Å². The summed E-state index contributed by atoms with van der Waals surface area (Å²) >= 11 is 0. The minimum atomic E-state index is -0.0452. The summed E-state index contributed by atoms with van der Waals surface area (Å²) < 4.78 is 0. The van der Waals surface area contributed by atoms with Gasteiger partial charge in [0.15, 0.2) is 5.66 Å².